The minimum atomic E-state index is -2.28. The van der Waals surface area contributed by atoms with Crippen LogP contribution in [0.2, 0.25) is 0 Å². The van der Waals surface area contributed by atoms with Crippen molar-refractivity contribution in [3.8, 4) is 0 Å². The molecule has 2 aliphatic heterocycles. The van der Waals surface area contributed by atoms with Gasteiger partial charge in [0.25, 0.3) is 11.7 Å². The molecule has 3 N–H and O–H groups in total. The van der Waals surface area contributed by atoms with Crippen molar-refractivity contribution in [2.75, 3.05) is 34.5 Å². The van der Waals surface area contributed by atoms with Crippen LogP contribution in [0.3, 0.4) is 0 Å². The van der Waals surface area contributed by atoms with Gasteiger partial charge in [-0.05, 0) is 113 Å². The molecule has 1 saturated carbocycles. The minimum absolute atomic E-state index is 0.0670. The summed E-state index contributed by atoms with van der Waals surface area (Å²) in [4.78, 5) is 70.3. The zero-order valence-electron chi connectivity index (χ0n) is 41.7. The van der Waals surface area contributed by atoms with Gasteiger partial charge in [0, 0.05) is 52.0 Å². The smallest absolute Gasteiger partial charge is 0.329 e. The summed E-state index contributed by atoms with van der Waals surface area (Å²) in [6.07, 6.45) is 13.5. The van der Waals surface area contributed by atoms with Gasteiger partial charge in [-0.3, -0.25) is 19.2 Å². The first-order chi connectivity index (χ1) is 31.2. The Morgan fingerprint density at radius 3 is 2.26 bits per heavy atom. The van der Waals surface area contributed by atoms with Crippen LogP contribution in [0.1, 0.15) is 132 Å². The van der Waals surface area contributed by atoms with Gasteiger partial charge in [0.05, 0.1) is 24.9 Å². The lowest BCUT2D eigenvalue weighted by molar-refractivity contribution is -0.241. The molecule has 0 aromatic carbocycles. The molecule has 3 rings (SSSR count). The Labute approximate surface area is 394 Å². The second kappa shape index (κ2) is 27.6. The molecule has 3 fully saturated rings. The van der Waals surface area contributed by atoms with Crippen molar-refractivity contribution in [1.29, 1.82) is 0 Å². The van der Waals surface area contributed by atoms with Crippen LogP contribution in [0.5, 0.6) is 0 Å². The van der Waals surface area contributed by atoms with Crippen molar-refractivity contribution in [3.05, 3.63) is 47.6 Å². The number of methoxy groups -OCH3 is 3. The molecular formula is C52H83NO13. The van der Waals surface area contributed by atoms with E-state index in [1.807, 2.05) is 58.1 Å². The predicted octanol–water partition coefficient (Wildman–Crippen LogP) is 6.82. The highest BCUT2D eigenvalue weighted by molar-refractivity contribution is 6.39. The monoisotopic (exact) mass is 930 g/mol. The van der Waals surface area contributed by atoms with Crippen LogP contribution in [0, 0.1) is 35.5 Å². The van der Waals surface area contributed by atoms with Gasteiger partial charge in [0.2, 0.25) is 5.79 Å². The average Bonchev–Trinajstić information content (AvgIpc) is 3.29. The first-order valence-corrected chi connectivity index (χ1v) is 24.4. The molecular weight excluding hydrogens is 847 g/mol. The number of ketones is 3. The molecule has 2 saturated heterocycles. The van der Waals surface area contributed by atoms with Crippen LogP contribution in [-0.4, -0.2) is 132 Å². The molecule has 14 atom stereocenters. The third kappa shape index (κ3) is 15.8. The lowest BCUT2D eigenvalue weighted by Crippen LogP contribution is -2.59. The summed E-state index contributed by atoms with van der Waals surface area (Å²) in [7, 11) is 4.64. The molecule has 1 aliphatic carbocycles. The fourth-order valence-electron chi connectivity index (χ4n) is 9.82. The molecule has 0 spiro atoms. The van der Waals surface area contributed by atoms with Gasteiger partial charge in [-0.25, -0.2) is 4.79 Å². The summed E-state index contributed by atoms with van der Waals surface area (Å²) in [5.41, 5.74) is 1.52. The molecule has 14 nitrogen and oxygen atoms in total. The molecule has 66 heavy (non-hydrogen) atoms. The van der Waals surface area contributed by atoms with Crippen LogP contribution in [0.15, 0.2) is 47.6 Å². The van der Waals surface area contributed by atoms with Gasteiger partial charge in [0.1, 0.15) is 30.1 Å². The van der Waals surface area contributed by atoms with Crippen molar-refractivity contribution in [2.24, 2.45) is 35.5 Å². The molecule has 0 bridgehead atoms. The maximum absolute atomic E-state index is 14.2. The quantitative estimate of drug-likeness (QED) is 0.0374. The summed E-state index contributed by atoms with van der Waals surface area (Å²) in [5, 5.41) is 33.1. The number of amides is 1. The molecule has 1 amide bonds. The first kappa shape index (κ1) is 57.0. The number of ether oxygens (including phenoxy) is 5. The average molecular weight is 930 g/mol. The largest absolute Gasteiger partial charge is 0.460 e. The van der Waals surface area contributed by atoms with E-state index in [4.69, 9.17) is 23.7 Å². The molecule has 2 heterocycles. The molecule has 0 unspecified atom stereocenters. The maximum Gasteiger partial charge on any atom is 0.329 e. The Morgan fingerprint density at radius 1 is 0.909 bits per heavy atom. The van der Waals surface area contributed by atoms with E-state index in [0.29, 0.717) is 56.9 Å². The zero-order chi connectivity index (χ0) is 49.3. The topological polar surface area (TPSA) is 195 Å². The molecule has 3 aliphatic rings. The highest BCUT2D eigenvalue weighted by Gasteiger charge is 2.51. The van der Waals surface area contributed by atoms with E-state index in [1.165, 1.54) is 12.0 Å². The van der Waals surface area contributed by atoms with E-state index in [2.05, 4.69) is 6.92 Å². The number of carbonyl (C=O) groups excluding carboxylic acids is 5. The number of likely N-dealkylation sites (tertiary alicyclic amines) is 1. The molecule has 0 radical (unpaired) electrons. The summed E-state index contributed by atoms with van der Waals surface area (Å²) < 4.78 is 28.3. The summed E-state index contributed by atoms with van der Waals surface area (Å²) >= 11 is 0. The Hall–Kier alpha value is -3.37. The van der Waals surface area contributed by atoms with Crippen molar-refractivity contribution in [3.63, 3.8) is 0 Å². The fraction of sp³-hybridized carbons (Fsp3) is 0.750. The second-order valence-corrected chi connectivity index (χ2v) is 19.4. The first-order valence-electron chi connectivity index (χ1n) is 24.4. The van der Waals surface area contributed by atoms with Gasteiger partial charge in [0.15, 0.2) is 5.78 Å². The van der Waals surface area contributed by atoms with E-state index in [-0.39, 0.29) is 67.5 Å². The molecule has 0 aromatic heterocycles. The van der Waals surface area contributed by atoms with Crippen LogP contribution < -0.4 is 0 Å². The third-order valence-electron chi connectivity index (χ3n) is 14.2. The number of allylic oxidation sites excluding steroid dienone is 6. The number of esters is 1. The van der Waals surface area contributed by atoms with Crippen molar-refractivity contribution < 1.29 is 63.0 Å². The van der Waals surface area contributed by atoms with Gasteiger partial charge in [-0.2, -0.15) is 0 Å². The summed E-state index contributed by atoms with van der Waals surface area (Å²) in [6.45, 7) is 15.1. The SMILES string of the molecule is CC[C@H](OC)/C(C)=C/C=C/C=C/[C@@H](C)C[C@@H](C)C(=O)[C@H](OC)[C@H](O)/C(C)=C/[C@@H](C)C(=O)C[C@H](OC(=O)[C@@H]1CCCCN1C(=O)C(=O)[C@]1(O)OCCC[C@H]1C)[C@H](C)C[C@@H]1CC[C@@H](O)[C@H](OC)C1. The number of Topliss-reactive ketones (excluding diaryl/α,β-unsaturated/α-hetero) is 3. The Kier molecular flexibility index (Phi) is 23.8. The summed E-state index contributed by atoms with van der Waals surface area (Å²) in [6, 6.07) is -1.10. The van der Waals surface area contributed by atoms with Crippen LogP contribution in [-0.2, 0) is 47.7 Å². The van der Waals surface area contributed by atoms with Gasteiger partial charge >= 0.3 is 5.97 Å². The number of hydrogen-bond acceptors (Lipinski definition) is 13. The fourth-order valence-corrected chi connectivity index (χ4v) is 9.82. The minimum Gasteiger partial charge on any atom is -0.460 e. The summed E-state index contributed by atoms with van der Waals surface area (Å²) in [5.74, 6) is -7.57. The van der Waals surface area contributed by atoms with Crippen molar-refractivity contribution in [2.45, 2.75) is 181 Å². The van der Waals surface area contributed by atoms with Crippen LogP contribution in [0.25, 0.3) is 0 Å². The van der Waals surface area contributed by atoms with E-state index in [9.17, 15) is 39.3 Å². The lowest BCUT2D eigenvalue weighted by atomic mass is 9.78. The zero-order valence-corrected chi connectivity index (χ0v) is 41.7. The van der Waals surface area contributed by atoms with E-state index in [0.717, 1.165) is 18.4 Å². The molecule has 0 aromatic rings. The van der Waals surface area contributed by atoms with Gasteiger partial charge < -0.3 is 43.9 Å². The number of aliphatic hydroxyl groups excluding tert-OH is 2. The normalized spacial score (nSPS) is 28.3. The predicted molar refractivity (Wildman–Crippen MR) is 252 cm³/mol. The number of nitrogens with zero attached hydrogens (tertiary/aromatic N) is 1. The van der Waals surface area contributed by atoms with Crippen LogP contribution >= 0.6 is 0 Å². The van der Waals surface area contributed by atoms with Gasteiger partial charge in [-0.1, -0.05) is 78.0 Å². The number of hydrogen-bond donors (Lipinski definition) is 3. The van der Waals surface area contributed by atoms with E-state index in [1.54, 1.807) is 41.1 Å². The Morgan fingerprint density at radius 2 is 1.62 bits per heavy atom. The lowest BCUT2D eigenvalue weighted by Gasteiger charge is -2.40. The van der Waals surface area contributed by atoms with Crippen molar-refractivity contribution in [1.82, 2.24) is 4.90 Å². The number of piperidine rings is 1. The van der Waals surface area contributed by atoms with Crippen LogP contribution in [0.4, 0.5) is 0 Å². The van der Waals surface area contributed by atoms with E-state index >= 15 is 0 Å². The number of aliphatic hydroxyl groups is 3. The Bertz CT molecular complexity index is 1720. The second-order valence-electron chi connectivity index (χ2n) is 19.4. The van der Waals surface area contributed by atoms with Gasteiger partial charge in [-0.15, -0.1) is 0 Å². The third-order valence-corrected chi connectivity index (χ3v) is 14.2. The standard InChI is InChI=1S/C52H83NO13/c1-12-43(62-9)33(3)20-15-13-14-19-32(2)27-36(6)46(56)48(64-11)47(57)37(7)28-34(4)42(55)31-44(35(5)29-39-23-24-41(54)45(30-39)63-10)66-51(60)40-22-16-17-25-53(40)50(59)49(58)52(61)38(8)21-18-26-65-52/h13-15,19-20,28,32,34-36,38-41,43-45,47-48,54,57,61H,12,16-18,21-27,29-31H2,1-11H3/b15-13+,19-14+,33-20+,37-28+/t32-,34-,35-,36-,38-,39+,40+,41-,43+,44+,45-,47-,48+,52-/m1/s1. The highest BCUT2D eigenvalue weighted by atomic mass is 16.6. The van der Waals surface area contributed by atoms with E-state index < -0.39 is 71.7 Å². The van der Waals surface area contributed by atoms with Crippen molar-refractivity contribution >= 4 is 29.2 Å². The maximum atomic E-state index is 14.2. The molecule has 374 valence electrons. The number of rotatable bonds is 25. The molecule has 14 heteroatoms. The highest BCUT2D eigenvalue weighted by Crippen LogP contribution is 2.35. The Balaban J connectivity index is 1.75. The number of carbonyl (C=O) groups is 5.